The summed E-state index contributed by atoms with van der Waals surface area (Å²) in [5.74, 6) is 1.89. The molecule has 16 heteroatoms. The number of hydrogen-bond donors (Lipinski definition) is 4. The van der Waals surface area contributed by atoms with Crippen molar-refractivity contribution < 1.29 is 38.1 Å². The number of amides is 4. The summed E-state index contributed by atoms with van der Waals surface area (Å²) >= 11 is 0. The molecule has 0 spiro atoms. The second kappa shape index (κ2) is 19.6. The highest BCUT2D eigenvalue weighted by Gasteiger charge is 2.43. The standard InChI is InChI=1S/C53H62N8O8/c1-9-29(4)61(51(63)43(28(2)3)58-52(64)67-7)30(5)48-54-40-20-18-34-23-39-37-19-17-35(22-36(37)27-69-42(39)24-38(34)47(40)57-48)45-44(33-15-16-33)55-49(56-45)41-21-31(26-66-6)25-60(41)50(62)46(59-53(65)68-8)32-13-11-10-12-14-32/h10-14,17-20,22-24,28-31,33,41,43,46H,9,15-16,21,25-27H2,1-8H3,(H,54,57)(H,55,56)(H,58,64)(H,59,65)/t29-,30-,31-,41-,43-,46+/m0/s1. The highest BCUT2D eigenvalue weighted by Crippen LogP contribution is 2.48. The van der Waals surface area contributed by atoms with Crippen molar-refractivity contribution in [2.45, 2.75) is 103 Å². The average Bonchev–Trinajstić information content (AvgIpc) is 3.73. The number of H-pyrrole nitrogens is 2. The number of aromatic nitrogens is 4. The summed E-state index contributed by atoms with van der Waals surface area (Å²) in [6.07, 6.45) is 2.10. The lowest BCUT2D eigenvalue weighted by Crippen LogP contribution is -2.54. The maximum atomic E-state index is 14.6. The minimum Gasteiger partial charge on any atom is -0.488 e. The van der Waals surface area contributed by atoms with E-state index in [1.54, 1.807) is 7.11 Å². The number of nitrogens with zero attached hydrogens (tertiary/aromatic N) is 4. The fraction of sp³-hybridized carbons (Fsp3) is 0.434. The summed E-state index contributed by atoms with van der Waals surface area (Å²) in [5, 5.41) is 7.48. The molecule has 0 unspecified atom stereocenters. The van der Waals surface area contributed by atoms with Gasteiger partial charge in [0.1, 0.15) is 36.1 Å². The molecule has 1 saturated heterocycles. The first-order chi connectivity index (χ1) is 33.3. The molecule has 4 N–H and O–H groups in total. The number of aromatic amines is 2. The van der Waals surface area contributed by atoms with Gasteiger partial charge in [0.05, 0.1) is 55.3 Å². The molecule has 4 aromatic carbocycles. The number of likely N-dealkylation sites (tertiary alicyclic amines) is 1. The number of rotatable bonds is 15. The zero-order valence-corrected chi connectivity index (χ0v) is 40.6. The minimum atomic E-state index is -0.948. The number of nitrogens with one attached hydrogen (secondary N) is 4. The van der Waals surface area contributed by atoms with E-state index in [4.69, 9.17) is 28.9 Å². The SMILES string of the molecule is CC[C@H](C)N(C(=O)[C@@H](NC(=O)OC)C(C)C)[C@@H](C)c1nc2ccc3cc4c(cc3c2[nH]1)OCc1cc(-c2[nH]c([C@@H]3C[C@H](COC)CN3C(=O)[C@H](NC(=O)OC)c3ccccc3)nc2C2CC2)ccc1-4. The van der Waals surface area contributed by atoms with Crippen LogP contribution in [-0.2, 0) is 30.4 Å². The van der Waals surface area contributed by atoms with Crippen LogP contribution in [0.2, 0.25) is 0 Å². The molecule has 16 nitrogen and oxygen atoms in total. The molecule has 3 aliphatic rings. The molecule has 4 amide bonds. The van der Waals surface area contributed by atoms with Gasteiger partial charge in [-0.25, -0.2) is 19.6 Å². The number of alkyl carbamates (subject to hydrolysis) is 2. The maximum Gasteiger partial charge on any atom is 0.407 e. The number of carbonyl (C=O) groups is 4. The van der Waals surface area contributed by atoms with Gasteiger partial charge in [-0.15, -0.1) is 0 Å². The smallest absolute Gasteiger partial charge is 0.407 e. The van der Waals surface area contributed by atoms with E-state index < -0.39 is 30.3 Å². The zero-order valence-electron chi connectivity index (χ0n) is 40.6. The number of fused-ring (bicyclic) bond motifs is 6. The average molecular weight is 939 g/mol. The summed E-state index contributed by atoms with van der Waals surface area (Å²) in [7, 11) is 4.25. The summed E-state index contributed by atoms with van der Waals surface area (Å²) in [5.41, 5.74) is 8.32. The van der Waals surface area contributed by atoms with Crippen LogP contribution >= 0.6 is 0 Å². The molecule has 362 valence electrons. The van der Waals surface area contributed by atoms with Crippen LogP contribution in [0.25, 0.3) is 44.2 Å². The number of carbonyl (C=O) groups excluding carboxylic acids is 4. The van der Waals surface area contributed by atoms with Gasteiger partial charge in [0, 0.05) is 48.0 Å². The van der Waals surface area contributed by atoms with Crippen molar-refractivity contribution in [2.75, 3.05) is 34.5 Å². The van der Waals surface area contributed by atoms with Crippen LogP contribution in [0.3, 0.4) is 0 Å². The molecule has 2 fully saturated rings. The summed E-state index contributed by atoms with van der Waals surface area (Å²) < 4.78 is 21.9. The number of ether oxygens (including phenoxy) is 4. The van der Waals surface area contributed by atoms with Crippen LogP contribution in [0.15, 0.2) is 72.8 Å². The Morgan fingerprint density at radius 2 is 1.64 bits per heavy atom. The molecular formula is C53H62N8O8. The Labute approximate surface area is 401 Å². The van der Waals surface area contributed by atoms with E-state index in [0.29, 0.717) is 55.7 Å². The summed E-state index contributed by atoms with van der Waals surface area (Å²) in [6, 6.07) is 21.4. The van der Waals surface area contributed by atoms with Gasteiger partial charge in [-0.1, -0.05) is 69.3 Å². The number of benzene rings is 4. The molecule has 2 aliphatic heterocycles. The van der Waals surface area contributed by atoms with Crippen molar-refractivity contribution in [1.29, 1.82) is 0 Å². The zero-order chi connectivity index (χ0) is 48.7. The molecule has 2 aromatic heterocycles. The van der Waals surface area contributed by atoms with Gasteiger partial charge in [-0.3, -0.25) is 9.59 Å². The molecule has 9 rings (SSSR count). The Morgan fingerprint density at radius 3 is 2.33 bits per heavy atom. The van der Waals surface area contributed by atoms with Crippen molar-refractivity contribution >= 4 is 45.8 Å². The number of hydrogen-bond acceptors (Lipinski definition) is 10. The Kier molecular flexibility index (Phi) is 13.4. The lowest BCUT2D eigenvalue weighted by atomic mass is 9.92. The van der Waals surface area contributed by atoms with Crippen LogP contribution in [0, 0.1) is 11.8 Å². The van der Waals surface area contributed by atoms with Gasteiger partial charge in [-0.2, -0.15) is 0 Å². The monoisotopic (exact) mass is 938 g/mol. The molecule has 4 heterocycles. The number of methoxy groups -OCH3 is 3. The van der Waals surface area contributed by atoms with Gasteiger partial charge in [0.2, 0.25) is 5.91 Å². The Balaban J connectivity index is 1.02. The molecular weight excluding hydrogens is 877 g/mol. The van der Waals surface area contributed by atoms with Gasteiger partial charge in [0.25, 0.3) is 5.91 Å². The Morgan fingerprint density at radius 1 is 0.884 bits per heavy atom. The second-order valence-corrected chi connectivity index (χ2v) is 19.0. The van der Waals surface area contributed by atoms with E-state index >= 15 is 0 Å². The van der Waals surface area contributed by atoms with Gasteiger partial charge >= 0.3 is 12.2 Å². The quantitative estimate of drug-likeness (QED) is 0.0771. The predicted octanol–water partition coefficient (Wildman–Crippen LogP) is 9.25. The van der Waals surface area contributed by atoms with Crippen LogP contribution in [-0.4, -0.2) is 100 Å². The largest absolute Gasteiger partial charge is 0.488 e. The summed E-state index contributed by atoms with van der Waals surface area (Å²) in [4.78, 5) is 74.7. The molecule has 1 aliphatic carbocycles. The second-order valence-electron chi connectivity index (χ2n) is 19.0. The van der Waals surface area contributed by atoms with Crippen LogP contribution in [0.5, 0.6) is 5.75 Å². The minimum absolute atomic E-state index is 0.0694. The molecule has 0 bridgehead atoms. The first-order valence-electron chi connectivity index (χ1n) is 24.0. The van der Waals surface area contributed by atoms with Crippen LogP contribution in [0.1, 0.15) is 113 Å². The van der Waals surface area contributed by atoms with Gasteiger partial charge in [0.15, 0.2) is 0 Å². The first kappa shape index (κ1) is 47.1. The van der Waals surface area contributed by atoms with E-state index in [0.717, 1.165) is 74.0 Å². The maximum absolute atomic E-state index is 14.6. The van der Waals surface area contributed by atoms with E-state index in [9.17, 15) is 19.2 Å². The Hall–Kier alpha value is -6.94. The number of imidazole rings is 2. The lowest BCUT2D eigenvalue weighted by molar-refractivity contribution is -0.139. The van der Waals surface area contributed by atoms with Crippen molar-refractivity contribution in [1.82, 2.24) is 40.4 Å². The lowest BCUT2D eigenvalue weighted by Gasteiger charge is -2.37. The molecule has 0 radical (unpaired) electrons. The molecule has 1 saturated carbocycles. The van der Waals surface area contributed by atoms with E-state index in [1.165, 1.54) is 14.2 Å². The van der Waals surface area contributed by atoms with Crippen LogP contribution in [0.4, 0.5) is 9.59 Å². The first-order valence-corrected chi connectivity index (χ1v) is 24.0. The highest BCUT2D eigenvalue weighted by molar-refractivity contribution is 6.07. The normalized spacial score (nSPS) is 18.2. The van der Waals surface area contributed by atoms with E-state index in [2.05, 4.69) is 57.0 Å². The van der Waals surface area contributed by atoms with Gasteiger partial charge < -0.3 is 49.3 Å². The molecule has 6 atom stereocenters. The summed E-state index contributed by atoms with van der Waals surface area (Å²) in [6.45, 7) is 11.1. The highest BCUT2D eigenvalue weighted by atomic mass is 16.5. The van der Waals surface area contributed by atoms with Crippen molar-refractivity contribution in [3.63, 3.8) is 0 Å². The van der Waals surface area contributed by atoms with Crippen molar-refractivity contribution in [2.24, 2.45) is 11.8 Å². The van der Waals surface area contributed by atoms with Gasteiger partial charge in [-0.05, 0) is 91.8 Å². The Bertz CT molecular complexity index is 2890. The predicted molar refractivity (Wildman–Crippen MR) is 261 cm³/mol. The third-order valence-electron chi connectivity index (χ3n) is 14.1. The fourth-order valence-electron chi connectivity index (χ4n) is 10.1. The van der Waals surface area contributed by atoms with E-state index in [1.807, 2.05) is 80.8 Å². The van der Waals surface area contributed by atoms with E-state index in [-0.39, 0.29) is 35.7 Å². The third kappa shape index (κ3) is 9.21. The molecule has 69 heavy (non-hydrogen) atoms. The van der Waals surface area contributed by atoms with Crippen molar-refractivity contribution in [3.05, 3.63) is 101 Å². The van der Waals surface area contributed by atoms with Crippen molar-refractivity contribution in [3.8, 4) is 28.1 Å². The third-order valence-corrected chi connectivity index (χ3v) is 14.1. The topological polar surface area (TPSA) is 193 Å². The molecule has 6 aromatic rings. The fourth-order valence-corrected chi connectivity index (χ4v) is 10.1. The van der Waals surface area contributed by atoms with Crippen LogP contribution < -0.4 is 15.4 Å².